The molecular weight excluding hydrogens is 186 g/mol. The van der Waals surface area contributed by atoms with E-state index in [1.165, 1.54) is 11.3 Å². The van der Waals surface area contributed by atoms with Crippen LogP contribution < -0.4 is 5.32 Å². The van der Waals surface area contributed by atoms with Gasteiger partial charge in [-0.3, -0.25) is 0 Å². The lowest BCUT2D eigenvalue weighted by molar-refractivity contribution is 0.260. The maximum atomic E-state index is 4.56. The fourth-order valence-corrected chi connectivity index (χ4v) is 2.40. The molecule has 1 atom stereocenters. The summed E-state index contributed by atoms with van der Waals surface area (Å²) in [6, 6.07) is 0.407. The molecule has 1 aliphatic carbocycles. The van der Waals surface area contributed by atoms with E-state index >= 15 is 0 Å². The van der Waals surface area contributed by atoms with Crippen LogP contribution in [-0.2, 0) is 6.42 Å². The van der Waals surface area contributed by atoms with Gasteiger partial charge in [0.15, 0.2) is 0 Å². The van der Waals surface area contributed by atoms with Gasteiger partial charge in [-0.15, -0.1) is 0 Å². The molecule has 3 nitrogen and oxygen atoms in total. The first-order valence-corrected chi connectivity index (χ1v) is 5.51. The lowest BCUT2D eigenvalue weighted by atomic mass is 9.74. The van der Waals surface area contributed by atoms with Crippen molar-refractivity contribution in [1.82, 2.24) is 15.3 Å². The Morgan fingerprint density at radius 1 is 1.47 bits per heavy atom. The number of hydrogen-bond donors (Lipinski definition) is 1. The Kier molecular flexibility index (Phi) is 2.51. The zero-order valence-electron chi connectivity index (χ0n) is 9.96. The number of hydrogen-bond acceptors (Lipinski definition) is 3. The Labute approximate surface area is 91.3 Å². The van der Waals surface area contributed by atoms with E-state index in [0.29, 0.717) is 11.5 Å². The molecule has 2 rings (SSSR count). The molecule has 82 valence electrons. The molecule has 15 heavy (non-hydrogen) atoms. The average molecular weight is 205 g/mol. The molecule has 0 aromatic carbocycles. The molecule has 1 aromatic heterocycles. The van der Waals surface area contributed by atoms with Crippen molar-refractivity contribution in [2.24, 2.45) is 5.41 Å². The summed E-state index contributed by atoms with van der Waals surface area (Å²) in [5.41, 5.74) is 2.84. The van der Waals surface area contributed by atoms with Crippen LogP contribution in [0.25, 0.3) is 0 Å². The summed E-state index contributed by atoms with van der Waals surface area (Å²) < 4.78 is 0. The Morgan fingerprint density at radius 3 is 2.87 bits per heavy atom. The molecule has 0 fully saturated rings. The highest BCUT2D eigenvalue weighted by atomic mass is 14.9. The number of fused-ring (bicyclic) bond motifs is 1. The second kappa shape index (κ2) is 3.56. The van der Waals surface area contributed by atoms with Crippen molar-refractivity contribution in [3.63, 3.8) is 0 Å². The molecule has 1 aromatic rings. The fourth-order valence-electron chi connectivity index (χ4n) is 2.40. The monoisotopic (exact) mass is 205 g/mol. The summed E-state index contributed by atoms with van der Waals surface area (Å²) in [4.78, 5) is 8.84. The van der Waals surface area contributed by atoms with Gasteiger partial charge < -0.3 is 5.32 Å². The van der Waals surface area contributed by atoms with Gasteiger partial charge in [-0.1, -0.05) is 13.8 Å². The van der Waals surface area contributed by atoms with Crippen LogP contribution in [0.5, 0.6) is 0 Å². The van der Waals surface area contributed by atoms with Crippen LogP contribution >= 0.6 is 0 Å². The summed E-state index contributed by atoms with van der Waals surface area (Å²) in [5, 5.41) is 3.36. The third-order valence-corrected chi connectivity index (χ3v) is 3.15. The second-order valence-corrected chi connectivity index (χ2v) is 5.21. The largest absolute Gasteiger partial charge is 0.313 e. The molecular formula is C12H19N3. The molecule has 1 heterocycles. The molecule has 0 bridgehead atoms. The Hall–Kier alpha value is -0.960. The van der Waals surface area contributed by atoms with Crippen molar-refractivity contribution >= 4 is 0 Å². The van der Waals surface area contributed by atoms with Crippen LogP contribution in [0.15, 0.2) is 6.20 Å². The fraction of sp³-hybridized carbons (Fsp3) is 0.667. The molecule has 0 radical (unpaired) electrons. The van der Waals surface area contributed by atoms with E-state index in [0.717, 1.165) is 18.7 Å². The van der Waals surface area contributed by atoms with Gasteiger partial charge in [-0.25, -0.2) is 9.97 Å². The zero-order valence-corrected chi connectivity index (χ0v) is 9.96. The van der Waals surface area contributed by atoms with Crippen molar-refractivity contribution in [2.75, 3.05) is 7.05 Å². The average Bonchev–Trinajstić information content (AvgIpc) is 2.14. The van der Waals surface area contributed by atoms with Gasteiger partial charge in [0.05, 0.1) is 0 Å². The predicted octanol–water partition coefficient (Wildman–Crippen LogP) is 2.02. The van der Waals surface area contributed by atoms with Gasteiger partial charge in [0.2, 0.25) is 0 Å². The molecule has 0 spiro atoms. The first kappa shape index (κ1) is 10.6. The van der Waals surface area contributed by atoms with Crippen molar-refractivity contribution < 1.29 is 0 Å². The molecule has 0 saturated carbocycles. The minimum absolute atomic E-state index is 0.335. The highest BCUT2D eigenvalue weighted by Gasteiger charge is 2.32. The number of rotatable bonds is 1. The number of aromatic nitrogens is 2. The third kappa shape index (κ3) is 2.02. The van der Waals surface area contributed by atoms with Crippen LogP contribution in [0.2, 0.25) is 0 Å². The summed E-state index contributed by atoms with van der Waals surface area (Å²) in [5.74, 6) is 0.876. The lowest BCUT2D eigenvalue weighted by Crippen LogP contribution is -2.32. The summed E-state index contributed by atoms with van der Waals surface area (Å²) in [6.07, 6.45) is 4.20. The maximum absolute atomic E-state index is 4.56. The summed E-state index contributed by atoms with van der Waals surface area (Å²) in [6.45, 7) is 6.56. The minimum atomic E-state index is 0.335. The van der Waals surface area contributed by atoms with Crippen LogP contribution in [0.1, 0.15) is 43.4 Å². The molecule has 3 heteroatoms. The number of nitrogens with zero attached hydrogens (tertiary/aromatic N) is 2. The molecule has 0 aliphatic heterocycles. The Balaban J connectivity index is 2.44. The van der Waals surface area contributed by atoms with E-state index in [-0.39, 0.29) is 0 Å². The molecule has 1 N–H and O–H groups in total. The quantitative estimate of drug-likeness (QED) is 0.762. The van der Waals surface area contributed by atoms with Crippen molar-refractivity contribution in [2.45, 2.75) is 39.7 Å². The smallest absolute Gasteiger partial charge is 0.125 e. The van der Waals surface area contributed by atoms with E-state index in [4.69, 9.17) is 0 Å². The predicted molar refractivity (Wildman–Crippen MR) is 60.7 cm³/mol. The maximum Gasteiger partial charge on any atom is 0.125 e. The molecule has 1 aliphatic rings. The third-order valence-electron chi connectivity index (χ3n) is 3.15. The highest BCUT2D eigenvalue weighted by molar-refractivity contribution is 5.26. The Bertz CT molecular complexity index is 371. The van der Waals surface area contributed by atoms with E-state index in [9.17, 15) is 0 Å². The summed E-state index contributed by atoms with van der Waals surface area (Å²) >= 11 is 0. The Morgan fingerprint density at radius 2 is 2.20 bits per heavy atom. The van der Waals surface area contributed by atoms with Gasteiger partial charge in [-0.2, -0.15) is 0 Å². The van der Waals surface area contributed by atoms with Crippen LogP contribution in [0, 0.1) is 12.3 Å². The van der Waals surface area contributed by atoms with Crippen LogP contribution in [0.3, 0.4) is 0 Å². The van der Waals surface area contributed by atoms with Gasteiger partial charge in [0.1, 0.15) is 5.82 Å². The molecule has 0 saturated heterocycles. The van der Waals surface area contributed by atoms with E-state index in [1.807, 2.05) is 20.2 Å². The van der Waals surface area contributed by atoms with Gasteiger partial charge in [0, 0.05) is 23.5 Å². The molecule has 0 amide bonds. The van der Waals surface area contributed by atoms with E-state index < -0.39 is 0 Å². The standard InChI is InChI=1S/C12H19N3/c1-8-14-7-9-10(13-4)5-12(2,3)6-11(9)15-8/h7,10,13H,5-6H2,1-4H3. The lowest BCUT2D eigenvalue weighted by Gasteiger charge is -2.35. The number of nitrogens with one attached hydrogen (secondary N) is 1. The zero-order chi connectivity index (χ0) is 11.1. The molecule has 1 unspecified atom stereocenters. The van der Waals surface area contributed by atoms with Crippen molar-refractivity contribution in [3.05, 3.63) is 23.3 Å². The van der Waals surface area contributed by atoms with E-state index in [2.05, 4.69) is 29.1 Å². The van der Waals surface area contributed by atoms with Gasteiger partial charge in [-0.05, 0) is 32.2 Å². The first-order valence-electron chi connectivity index (χ1n) is 5.51. The van der Waals surface area contributed by atoms with Crippen molar-refractivity contribution in [1.29, 1.82) is 0 Å². The summed E-state index contributed by atoms with van der Waals surface area (Å²) in [7, 11) is 2.01. The van der Waals surface area contributed by atoms with Gasteiger partial charge in [0.25, 0.3) is 0 Å². The van der Waals surface area contributed by atoms with Crippen LogP contribution in [0.4, 0.5) is 0 Å². The second-order valence-electron chi connectivity index (χ2n) is 5.21. The topological polar surface area (TPSA) is 37.8 Å². The normalized spacial score (nSPS) is 23.6. The first-order chi connectivity index (χ1) is 7.02. The number of aryl methyl sites for hydroxylation is 1. The van der Waals surface area contributed by atoms with Crippen molar-refractivity contribution in [3.8, 4) is 0 Å². The minimum Gasteiger partial charge on any atom is -0.313 e. The SMILES string of the molecule is CNC1CC(C)(C)Cc2nc(C)ncc21. The van der Waals surface area contributed by atoms with E-state index in [1.54, 1.807) is 0 Å². The van der Waals surface area contributed by atoms with Crippen LogP contribution in [-0.4, -0.2) is 17.0 Å². The highest BCUT2D eigenvalue weighted by Crippen LogP contribution is 2.39. The van der Waals surface area contributed by atoms with Gasteiger partial charge >= 0.3 is 0 Å².